The second kappa shape index (κ2) is 7.79. The number of hydrogen-bond acceptors (Lipinski definition) is 4. The first-order valence-corrected chi connectivity index (χ1v) is 9.55. The Kier molecular flexibility index (Phi) is 5.03. The van der Waals surface area contributed by atoms with Gasteiger partial charge in [-0.2, -0.15) is 0 Å². The topological polar surface area (TPSA) is 77.9 Å². The number of rotatable bonds is 6. The lowest BCUT2D eigenvalue weighted by Gasteiger charge is -2.09. The van der Waals surface area contributed by atoms with Gasteiger partial charge in [0.1, 0.15) is 12.1 Å². The predicted octanol–water partition coefficient (Wildman–Crippen LogP) is 4.28. The number of carbonyl (C=O) groups excluding carboxylic acids is 1. The van der Waals surface area contributed by atoms with Crippen molar-refractivity contribution in [3.05, 3.63) is 77.8 Å². The van der Waals surface area contributed by atoms with E-state index in [0.29, 0.717) is 17.8 Å². The first-order chi connectivity index (χ1) is 14.1. The van der Waals surface area contributed by atoms with Crippen molar-refractivity contribution in [3.8, 4) is 11.4 Å². The summed E-state index contributed by atoms with van der Waals surface area (Å²) < 4.78 is 9.48. The highest BCUT2D eigenvalue weighted by Gasteiger charge is 2.17. The maximum absolute atomic E-state index is 12.9. The molecule has 0 aliphatic carbocycles. The first kappa shape index (κ1) is 18.7. The number of aryl methyl sites for hydroxylation is 2. The van der Waals surface area contributed by atoms with Crippen LogP contribution in [0.1, 0.15) is 34.4 Å². The number of anilines is 1. The van der Waals surface area contributed by atoms with Gasteiger partial charge in [0.15, 0.2) is 5.82 Å². The molecule has 0 bridgehead atoms. The Morgan fingerprint density at radius 2 is 2.03 bits per heavy atom. The molecule has 0 atom stereocenters. The Balaban J connectivity index is 1.57. The molecule has 0 saturated carbocycles. The molecule has 0 aliphatic rings. The summed E-state index contributed by atoms with van der Waals surface area (Å²) in [7, 11) is 0. The molecule has 1 N–H and O–H groups in total. The molecule has 4 rings (SSSR count). The Hall–Kier alpha value is -3.61. The van der Waals surface area contributed by atoms with Gasteiger partial charge in [-0.05, 0) is 51.1 Å². The van der Waals surface area contributed by atoms with Crippen LogP contribution in [-0.4, -0.2) is 25.2 Å². The van der Waals surface area contributed by atoms with Crippen molar-refractivity contribution < 1.29 is 9.21 Å². The maximum Gasteiger partial charge on any atom is 0.257 e. The lowest BCUT2D eigenvalue weighted by molar-refractivity contribution is 0.102. The molecule has 148 valence electrons. The molecule has 4 aromatic rings. The van der Waals surface area contributed by atoms with Crippen LogP contribution in [-0.2, 0) is 13.1 Å². The highest BCUT2D eigenvalue weighted by atomic mass is 16.3. The van der Waals surface area contributed by atoms with Crippen LogP contribution in [0.5, 0.6) is 0 Å². The Bertz CT molecular complexity index is 1140. The fourth-order valence-electron chi connectivity index (χ4n) is 3.48. The SMILES string of the molecule is CCn1cnnc1-c1cccc(NC(=O)c2cc(C)n(Cc3ccco3)c2C)c1. The third-order valence-electron chi connectivity index (χ3n) is 5.05. The number of amides is 1. The van der Waals surface area contributed by atoms with Crippen LogP contribution in [0.15, 0.2) is 59.5 Å². The van der Waals surface area contributed by atoms with Crippen LogP contribution < -0.4 is 5.32 Å². The molecule has 1 aromatic carbocycles. The molecule has 1 amide bonds. The van der Waals surface area contributed by atoms with E-state index in [9.17, 15) is 4.79 Å². The minimum Gasteiger partial charge on any atom is -0.467 e. The normalized spacial score (nSPS) is 11.0. The number of nitrogens with one attached hydrogen (secondary N) is 1. The molecule has 0 spiro atoms. The number of furan rings is 1. The van der Waals surface area contributed by atoms with Crippen LogP contribution >= 0.6 is 0 Å². The van der Waals surface area contributed by atoms with Crippen LogP contribution in [0.3, 0.4) is 0 Å². The quantitative estimate of drug-likeness (QED) is 0.534. The average Bonchev–Trinajstić information content (AvgIpc) is 3.45. The van der Waals surface area contributed by atoms with Crippen molar-refractivity contribution in [1.82, 2.24) is 19.3 Å². The summed E-state index contributed by atoms with van der Waals surface area (Å²) in [4.78, 5) is 12.9. The standard InChI is InChI=1S/C22H23N5O2/c1-4-26-14-23-25-21(26)17-7-5-8-18(12-17)24-22(28)20-11-15(2)27(16(20)3)13-19-9-6-10-29-19/h5-12,14H,4,13H2,1-3H3,(H,24,28). The van der Waals surface area contributed by atoms with Gasteiger partial charge >= 0.3 is 0 Å². The third kappa shape index (κ3) is 3.71. The fourth-order valence-corrected chi connectivity index (χ4v) is 3.48. The van der Waals surface area contributed by atoms with Crippen molar-refractivity contribution in [3.63, 3.8) is 0 Å². The average molecular weight is 389 g/mol. The smallest absolute Gasteiger partial charge is 0.257 e. The number of hydrogen-bond donors (Lipinski definition) is 1. The largest absolute Gasteiger partial charge is 0.467 e. The zero-order valence-electron chi connectivity index (χ0n) is 16.7. The van der Waals surface area contributed by atoms with Crippen molar-refractivity contribution in [2.75, 3.05) is 5.32 Å². The minimum atomic E-state index is -0.141. The number of carbonyl (C=O) groups is 1. The van der Waals surface area contributed by atoms with Crippen LogP contribution in [0.25, 0.3) is 11.4 Å². The molecular formula is C22H23N5O2. The zero-order valence-corrected chi connectivity index (χ0v) is 16.7. The number of aromatic nitrogens is 4. The van der Waals surface area contributed by atoms with E-state index in [1.807, 2.05) is 67.8 Å². The van der Waals surface area contributed by atoms with Gasteiger partial charge in [0, 0.05) is 29.2 Å². The summed E-state index contributed by atoms with van der Waals surface area (Å²) in [6, 6.07) is 13.3. The summed E-state index contributed by atoms with van der Waals surface area (Å²) in [6.07, 6.45) is 3.36. The van der Waals surface area contributed by atoms with Gasteiger partial charge < -0.3 is 18.9 Å². The molecule has 0 saturated heterocycles. The second-order valence-electron chi connectivity index (χ2n) is 6.93. The number of nitrogens with zero attached hydrogens (tertiary/aromatic N) is 4. The summed E-state index contributed by atoms with van der Waals surface area (Å²) in [5, 5.41) is 11.2. The Morgan fingerprint density at radius 1 is 1.17 bits per heavy atom. The van der Waals surface area contributed by atoms with Crippen molar-refractivity contribution >= 4 is 11.6 Å². The molecule has 3 aromatic heterocycles. The molecular weight excluding hydrogens is 366 g/mol. The molecule has 0 unspecified atom stereocenters. The van der Waals surface area contributed by atoms with Crippen LogP contribution in [0.4, 0.5) is 5.69 Å². The van der Waals surface area contributed by atoms with Gasteiger partial charge in [-0.3, -0.25) is 4.79 Å². The predicted molar refractivity (Wildman–Crippen MR) is 111 cm³/mol. The van der Waals surface area contributed by atoms with Gasteiger partial charge in [0.25, 0.3) is 5.91 Å². The van der Waals surface area contributed by atoms with Crippen molar-refractivity contribution in [2.24, 2.45) is 0 Å². The summed E-state index contributed by atoms with van der Waals surface area (Å²) >= 11 is 0. The van der Waals surface area contributed by atoms with E-state index in [1.165, 1.54) is 0 Å². The van der Waals surface area contributed by atoms with E-state index in [4.69, 9.17) is 4.42 Å². The van der Waals surface area contributed by atoms with Gasteiger partial charge in [-0.15, -0.1) is 10.2 Å². The van der Waals surface area contributed by atoms with Gasteiger partial charge in [0.05, 0.1) is 18.4 Å². The summed E-state index contributed by atoms with van der Waals surface area (Å²) in [5.41, 5.74) is 4.18. The molecule has 0 fully saturated rings. The van der Waals surface area contributed by atoms with Crippen LogP contribution in [0, 0.1) is 13.8 Å². The van der Waals surface area contributed by atoms with E-state index >= 15 is 0 Å². The first-order valence-electron chi connectivity index (χ1n) is 9.55. The monoisotopic (exact) mass is 389 g/mol. The summed E-state index contributed by atoms with van der Waals surface area (Å²) in [6.45, 7) is 7.35. The minimum absolute atomic E-state index is 0.141. The molecule has 0 radical (unpaired) electrons. The highest BCUT2D eigenvalue weighted by Crippen LogP contribution is 2.23. The van der Waals surface area contributed by atoms with E-state index in [-0.39, 0.29) is 5.91 Å². The van der Waals surface area contributed by atoms with E-state index in [2.05, 4.69) is 20.1 Å². The molecule has 7 nitrogen and oxygen atoms in total. The molecule has 7 heteroatoms. The van der Waals surface area contributed by atoms with E-state index in [0.717, 1.165) is 35.1 Å². The molecule has 0 aliphatic heterocycles. The maximum atomic E-state index is 12.9. The van der Waals surface area contributed by atoms with Crippen LogP contribution in [0.2, 0.25) is 0 Å². The Morgan fingerprint density at radius 3 is 2.79 bits per heavy atom. The highest BCUT2D eigenvalue weighted by molar-refractivity contribution is 6.05. The van der Waals surface area contributed by atoms with Crippen molar-refractivity contribution in [2.45, 2.75) is 33.9 Å². The van der Waals surface area contributed by atoms with Crippen molar-refractivity contribution in [1.29, 1.82) is 0 Å². The third-order valence-corrected chi connectivity index (χ3v) is 5.05. The molecule has 3 heterocycles. The Labute approximate surface area is 169 Å². The fraction of sp³-hybridized carbons (Fsp3) is 0.227. The van der Waals surface area contributed by atoms with Gasteiger partial charge in [-0.25, -0.2) is 0 Å². The van der Waals surface area contributed by atoms with Gasteiger partial charge in [0.2, 0.25) is 0 Å². The molecule has 29 heavy (non-hydrogen) atoms. The lowest BCUT2D eigenvalue weighted by atomic mass is 10.1. The number of benzene rings is 1. The lowest BCUT2D eigenvalue weighted by Crippen LogP contribution is -2.13. The summed E-state index contributed by atoms with van der Waals surface area (Å²) in [5.74, 6) is 1.49. The van der Waals surface area contributed by atoms with Gasteiger partial charge in [-0.1, -0.05) is 12.1 Å². The zero-order chi connectivity index (χ0) is 20.4. The second-order valence-corrected chi connectivity index (χ2v) is 6.93. The van der Waals surface area contributed by atoms with E-state index < -0.39 is 0 Å². The van der Waals surface area contributed by atoms with E-state index in [1.54, 1.807) is 12.6 Å².